The maximum absolute atomic E-state index is 12.4. The molecule has 0 saturated heterocycles. The largest absolute Gasteiger partial charge is 0.416 e. The fourth-order valence-corrected chi connectivity index (χ4v) is 1.80. The number of amides is 2. The van der Waals surface area contributed by atoms with Crippen molar-refractivity contribution in [1.29, 1.82) is 0 Å². The van der Waals surface area contributed by atoms with E-state index in [-0.39, 0.29) is 5.69 Å². The second kappa shape index (κ2) is 7.00. The fraction of sp³-hybridized carbons (Fsp3) is 0.118. The van der Waals surface area contributed by atoms with Crippen LogP contribution < -0.4 is 10.6 Å². The molecule has 120 valence electrons. The molecule has 2 aromatic rings. The third kappa shape index (κ3) is 5.18. The second-order valence-electron chi connectivity index (χ2n) is 4.92. The zero-order chi connectivity index (χ0) is 16.9. The van der Waals surface area contributed by atoms with Crippen LogP contribution in [0.15, 0.2) is 54.7 Å². The number of aryl methyl sites for hydroxylation is 1. The Kier molecular flexibility index (Phi) is 5.05. The van der Waals surface area contributed by atoms with Crippen LogP contribution in [0.5, 0.6) is 0 Å². The van der Waals surface area contributed by atoms with Crippen LogP contribution in [-0.2, 0) is 6.18 Å². The van der Waals surface area contributed by atoms with Gasteiger partial charge < -0.3 is 10.6 Å². The Hall–Kier alpha value is -2.76. The molecule has 0 aliphatic rings. The minimum Gasteiger partial charge on any atom is -0.314 e. The van der Waals surface area contributed by atoms with E-state index in [4.69, 9.17) is 0 Å². The average molecular weight is 320 g/mol. The topological polar surface area (TPSA) is 41.1 Å². The van der Waals surface area contributed by atoms with Gasteiger partial charge >= 0.3 is 12.2 Å². The van der Waals surface area contributed by atoms with Gasteiger partial charge in [0.1, 0.15) is 0 Å². The maximum atomic E-state index is 12.4. The summed E-state index contributed by atoms with van der Waals surface area (Å²) in [6, 6.07) is 11.4. The SMILES string of the molecule is Cc1ccc(/C=C/NC(=O)Nc2ccc(C(F)(F)F)cc2)cc1. The number of rotatable bonds is 3. The lowest BCUT2D eigenvalue weighted by molar-refractivity contribution is -0.137. The lowest BCUT2D eigenvalue weighted by atomic mass is 10.1. The van der Waals surface area contributed by atoms with Crippen LogP contribution in [0.1, 0.15) is 16.7 Å². The van der Waals surface area contributed by atoms with Gasteiger partial charge in [-0.15, -0.1) is 0 Å². The predicted octanol–water partition coefficient (Wildman–Crippen LogP) is 4.81. The zero-order valence-corrected chi connectivity index (χ0v) is 12.3. The molecule has 0 bridgehead atoms. The molecule has 0 fully saturated rings. The van der Waals surface area contributed by atoms with Crippen LogP contribution in [-0.4, -0.2) is 6.03 Å². The summed E-state index contributed by atoms with van der Waals surface area (Å²) < 4.78 is 37.3. The van der Waals surface area contributed by atoms with E-state index in [1.807, 2.05) is 31.2 Å². The first-order valence-electron chi connectivity index (χ1n) is 6.82. The summed E-state index contributed by atoms with van der Waals surface area (Å²) >= 11 is 0. The molecular formula is C17H15F3N2O. The summed E-state index contributed by atoms with van der Waals surface area (Å²) in [6.45, 7) is 1.98. The van der Waals surface area contributed by atoms with Crippen LogP contribution >= 0.6 is 0 Å². The number of anilines is 1. The molecule has 0 spiro atoms. The fourth-order valence-electron chi connectivity index (χ4n) is 1.80. The van der Waals surface area contributed by atoms with Gasteiger partial charge in [-0.2, -0.15) is 13.2 Å². The third-order valence-electron chi connectivity index (χ3n) is 3.04. The quantitative estimate of drug-likeness (QED) is 0.837. The van der Waals surface area contributed by atoms with Crippen LogP contribution in [0.25, 0.3) is 6.08 Å². The molecule has 2 amide bonds. The molecule has 23 heavy (non-hydrogen) atoms. The highest BCUT2D eigenvalue weighted by Gasteiger charge is 2.29. The minimum atomic E-state index is -4.39. The Morgan fingerprint density at radius 1 is 1.00 bits per heavy atom. The molecule has 0 heterocycles. The van der Waals surface area contributed by atoms with Crippen LogP contribution in [0.3, 0.4) is 0 Å². The van der Waals surface area contributed by atoms with Crippen molar-refractivity contribution in [1.82, 2.24) is 5.32 Å². The number of alkyl halides is 3. The monoisotopic (exact) mass is 320 g/mol. The molecule has 0 aliphatic carbocycles. The number of hydrogen-bond acceptors (Lipinski definition) is 1. The minimum absolute atomic E-state index is 0.277. The molecule has 2 aromatic carbocycles. The number of urea groups is 1. The Morgan fingerprint density at radius 2 is 1.61 bits per heavy atom. The van der Waals surface area contributed by atoms with Crippen LogP contribution in [0.4, 0.5) is 23.7 Å². The molecule has 3 nitrogen and oxygen atoms in total. The van der Waals surface area contributed by atoms with Gasteiger partial charge in [0, 0.05) is 11.9 Å². The van der Waals surface area contributed by atoms with Gasteiger partial charge in [-0.05, 0) is 42.8 Å². The first-order valence-corrected chi connectivity index (χ1v) is 6.82. The summed E-state index contributed by atoms with van der Waals surface area (Å²) in [6.07, 6.45) is -1.21. The summed E-state index contributed by atoms with van der Waals surface area (Å²) in [5.74, 6) is 0. The van der Waals surface area contributed by atoms with E-state index >= 15 is 0 Å². The molecule has 2 N–H and O–H groups in total. The smallest absolute Gasteiger partial charge is 0.314 e. The Bertz CT molecular complexity index is 689. The van der Waals surface area contributed by atoms with Crippen LogP contribution in [0.2, 0.25) is 0 Å². The highest BCUT2D eigenvalue weighted by atomic mass is 19.4. The van der Waals surface area contributed by atoms with Crippen molar-refractivity contribution in [3.8, 4) is 0 Å². The standard InChI is InChI=1S/C17H15F3N2O/c1-12-2-4-13(5-3-12)10-11-21-16(23)22-15-8-6-14(7-9-15)17(18,19)20/h2-11H,1H3,(H2,21,22,23)/b11-10+. The van der Waals surface area contributed by atoms with E-state index in [0.29, 0.717) is 0 Å². The van der Waals surface area contributed by atoms with Gasteiger partial charge in [0.15, 0.2) is 0 Å². The molecule has 6 heteroatoms. The third-order valence-corrected chi connectivity index (χ3v) is 3.04. The molecule has 0 atom stereocenters. The van der Waals surface area contributed by atoms with Crippen molar-refractivity contribution in [2.24, 2.45) is 0 Å². The zero-order valence-electron chi connectivity index (χ0n) is 12.3. The summed E-state index contributed by atoms with van der Waals surface area (Å²) in [4.78, 5) is 11.6. The normalized spacial score (nSPS) is 11.5. The molecule has 0 radical (unpaired) electrons. The molecular weight excluding hydrogens is 305 g/mol. The first-order chi connectivity index (χ1) is 10.8. The average Bonchev–Trinajstić information content (AvgIpc) is 2.49. The summed E-state index contributed by atoms with van der Waals surface area (Å²) in [5, 5.41) is 4.93. The first kappa shape index (κ1) is 16.6. The van der Waals surface area contributed by atoms with E-state index in [0.717, 1.165) is 23.3 Å². The number of carbonyl (C=O) groups is 1. The lowest BCUT2D eigenvalue weighted by Crippen LogP contribution is -2.23. The van der Waals surface area contributed by atoms with E-state index in [2.05, 4.69) is 10.6 Å². The van der Waals surface area contributed by atoms with Gasteiger partial charge in [-0.1, -0.05) is 29.8 Å². The van der Waals surface area contributed by atoms with E-state index in [1.165, 1.54) is 18.3 Å². The molecule has 0 unspecified atom stereocenters. The second-order valence-corrected chi connectivity index (χ2v) is 4.92. The highest BCUT2D eigenvalue weighted by molar-refractivity contribution is 5.90. The summed E-state index contributed by atoms with van der Waals surface area (Å²) in [7, 11) is 0. The van der Waals surface area contributed by atoms with Gasteiger partial charge in [-0.3, -0.25) is 0 Å². The van der Waals surface area contributed by atoms with Crippen molar-refractivity contribution in [2.45, 2.75) is 13.1 Å². The van der Waals surface area contributed by atoms with E-state index in [9.17, 15) is 18.0 Å². The predicted molar refractivity (Wildman–Crippen MR) is 83.8 cm³/mol. The maximum Gasteiger partial charge on any atom is 0.416 e. The van der Waals surface area contributed by atoms with E-state index in [1.54, 1.807) is 6.08 Å². The highest BCUT2D eigenvalue weighted by Crippen LogP contribution is 2.29. The van der Waals surface area contributed by atoms with Crippen molar-refractivity contribution in [3.05, 3.63) is 71.4 Å². The Balaban J connectivity index is 1.88. The van der Waals surface area contributed by atoms with Gasteiger partial charge in [0.25, 0.3) is 0 Å². The molecule has 0 saturated carbocycles. The molecule has 0 aliphatic heterocycles. The molecule has 0 aromatic heterocycles. The number of carbonyl (C=O) groups excluding carboxylic acids is 1. The number of hydrogen-bond donors (Lipinski definition) is 2. The van der Waals surface area contributed by atoms with Gasteiger partial charge in [0.2, 0.25) is 0 Å². The molecule has 2 rings (SSSR count). The van der Waals surface area contributed by atoms with Gasteiger partial charge in [0.05, 0.1) is 5.56 Å². The Labute approximate surface area is 131 Å². The number of benzene rings is 2. The van der Waals surface area contributed by atoms with Crippen LogP contribution in [0, 0.1) is 6.92 Å². The van der Waals surface area contributed by atoms with Gasteiger partial charge in [-0.25, -0.2) is 4.79 Å². The van der Waals surface area contributed by atoms with Crippen molar-refractivity contribution in [3.63, 3.8) is 0 Å². The lowest BCUT2D eigenvalue weighted by Gasteiger charge is -2.08. The Morgan fingerprint density at radius 3 is 2.17 bits per heavy atom. The van der Waals surface area contributed by atoms with Crippen molar-refractivity contribution >= 4 is 17.8 Å². The van der Waals surface area contributed by atoms with Crippen molar-refractivity contribution < 1.29 is 18.0 Å². The number of halogens is 3. The summed E-state index contributed by atoms with van der Waals surface area (Å²) in [5.41, 5.74) is 1.57. The van der Waals surface area contributed by atoms with Crippen molar-refractivity contribution in [2.75, 3.05) is 5.32 Å². The number of nitrogens with one attached hydrogen (secondary N) is 2. The van der Waals surface area contributed by atoms with E-state index < -0.39 is 17.8 Å².